The molecule has 236 valence electrons. The van der Waals surface area contributed by atoms with Crippen molar-refractivity contribution in [3.63, 3.8) is 0 Å². The number of Topliss-reactive ketones (excluding diaryl/α,β-unsaturated/α-hetero) is 1. The Bertz CT molecular complexity index is 1880. The quantitative estimate of drug-likeness (QED) is 0.0782. The van der Waals surface area contributed by atoms with Crippen molar-refractivity contribution in [1.82, 2.24) is 19.9 Å². The molecule has 0 amide bonds. The molecule has 0 bridgehead atoms. The minimum absolute atomic E-state index is 0.000000000000000222. The van der Waals surface area contributed by atoms with E-state index in [2.05, 4.69) is 43.6 Å². The predicted molar refractivity (Wildman–Crippen MR) is 176 cm³/mol. The first-order valence-corrected chi connectivity index (χ1v) is 14.3. The molecule has 0 spiro atoms. The Labute approximate surface area is 272 Å². The van der Waals surface area contributed by atoms with Crippen molar-refractivity contribution >= 4 is 41.3 Å². The zero-order chi connectivity index (χ0) is 33.6. The first kappa shape index (κ1) is 35.0. The molecule has 0 saturated heterocycles. The van der Waals surface area contributed by atoms with Crippen LogP contribution in [0.3, 0.4) is 0 Å². The maximum Gasteiger partial charge on any atom is 0.321 e. The van der Waals surface area contributed by atoms with Gasteiger partial charge in [0.2, 0.25) is 0 Å². The molecular weight excluding hydrogens is 635 g/mol. The number of rotatable bonds is 7. The number of carbonyl (C=O) groups excluding carboxylic acids is 2. The van der Waals surface area contributed by atoms with E-state index < -0.39 is 23.5 Å². The third-order valence-corrected chi connectivity index (χ3v) is 6.20. The van der Waals surface area contributed by atoms with Crippen molar-refractivity contribution in [3.8, 4) is 22.4 Å². The molecule has 0 aliphatic carbocycles. The van der Waals surface area contributed by atoms with Gasteiger partial charge in [0.25, 0.3) is 5.56 Å². The van der Waals surface area contributed by atoms with E-state index in [0.717, 1.165) is 5.56 Å². The summed E-state index contributed by atoms with van der Waals surface area (Å²) >= 11 is 9.12. The van der Waals surface area contributed by atoms with Gasteiger partial charge in [-0.25, -0.2) is 8.78 Å². The van der Waals surface area contributed by atoms with Crippen LogP contribution in [0.2, 0.25) is 0 Å². The number of esters is 1. The molecule has 0 fully saturated rings. The van der Waals surface area contributed by atoms with Crippen LogP contribution in [0, 0.1) is 16.4 Å². The molecule has 46 heavy (non-hydrogen) atoms. The second kappa shape index (κ2) is 17.1. The molecule has 0 saturated carbocycles. The van der Waals surface area contributed by atoms with Crippen molar-refractivity contribution in [3.05, 3.63) is 135 Å². The molecule has 5 rings (SSSR count). The summed E-state index contributed by atoms with van der Waals surface area (Å²) in [6.07, 6.45) is 6.20. The highest BCUT2D eigenvalue weighted by Gasteiger charge is 2.30. The van der Waals surface area contributed by atoms with Gasteiger partial charge >= 0.3 is 5.97 Å². The minimum atomic E-state index is -1.10. The van der Waals surface area contributed by atoms with Crippen LogP contribution in [-0.4, -0.2) is 43.4 Å². The number of benzene rings is 2. The van der Waals surface area contributed by atoms with Crippen LogP contribution in [0.15, 0.2) is 102 Å². The van der Waals surface area contributed by atoms with E-state index in [1.165, 1.54) is 60.9 Å². The Morgan fingerprint density at radius 2 is 1.33 bits per heavy atom. The van der Waals surface area contributed by atoms with Gasteiger partial charge in [0.1, 0.15) is 17.6 Å². The van der Waals surface area contributed by atoms with E-state index in [1.807, 2.05) is 0 Å². The summed E-state index contributed by atoms with van der Waals surface area (Å²) in [5.41, 5.74) is 12.1. The lowest BCUT2D eigenvalue weighted by molar-refractivity contribution is -0.143. The number of carbonyl (C=O) groups is 2. The summed E-state index contributed by atoms with van der Waals surface area (Å²) in [6, 6.07) is 17.6. The zero-order valence-electron chi connectivity index (χ0n) is 24.3. The van der Waals surface area contributed by atoms with Crippen molar-refractivity contribution in [2.45, 2.75) is 12.8 Å². The number of thiocarbonyl (C=S) groups is 1. The second-order valence-corrected chi connectivity index (χ2v) is 10.0. The monoisotopic (exact) mass is 662 g/mol. The summed E-state index contributed by atoms with van der Waals surface area (Å²) in [7, 11) is 0. The average Bonchev–Trinajstić information content (AvgIpc) is 3.03. The van der Waals surface area contributed by atoms with Crippen LogP contribution in [0.25, 0.3) is 22.4 Å². The number of pyridine rings is 2. The van der Waals surface area contributed by atoms with E-state index >= 15 is 0 Å². The smallest absolute Gasteiger partial charge is 0.321 e. The number of H-pyrrole nitrogens is 2. The highest BCUT2D eigenvalue weighted by atomic mass is 32.1. The summed E-state index contributed by atoms with van der Waals surface area (Å²) in [5.74, 6) is -2.94. The molecule has 5 aromatic rings. The number of nitrogens with two attached hydrogens (primary N) is 2. The third kappa shape index (κ3) is 10.0. The Balaban J connectivity index is 0.000000225. The molecule has 10 nitrogen and oxygen atoms in total. The van der Waals surface area contributed by atoms with Crippen LogP contribution in [-0.2, 0) is 9.53 Å². The number of aromatic amines is 2. The molecule has 0 aliphatic rings. The van der Waals surface area contributed by atoms with E-state index in [1.54, 1.807) is 43.6 Å². The number of ketones is 1. The Kier molecular flexibility index (Phi) is 13.0. The first-order valence-electron chi connectivity index (χ1n) is 13.5. The Morgan fingerprint density at radius 1 is 0.826 bits per heavy atom. The fraction of sp³-hybridized carbons (Fsp3) is 0.0938. The molecule has 3 aromatic heterocycles. The lowest BCUT2D eigenvalue weighted by Crippen LogP contribution is -2.24. The van der Waals surface area contributed by atoms with Gasteiger partial charge in [-0.05, 0) is 91.0 Å². The highest BCUT2D eigenvalue weighted by molar-refractivity contribution is 7.80. The first-order chi connectivity index (χ1) is 22.0. The number of nitrogens with zero attached hydrogens (tertiary/aromatic N) is 2. The Hall–Kier alpha value is -5.47. The number of aromatic nitrogens is 4. The Morgan fingerprint density at radius 3 is 1.85 bits per heavy atom. The molecule has 6 N–H and O–H groups in total. The van der Waals surface area contributed by atoms with Gasteiger partial charge in [-0.2, -0.15) is 0 Å². The predicted octanol–water partition coefficient (Wildman–Crippen LogP) is 5.24. The number of ether oxygens (including phenoxy) is 1. The third-order valence-electron chi connectivity index (χ3n) is 6.00. The SMILES string of the molecule is CCOC(=O)C(C(=O)c1ccncc1)c1ccc(F)cc1.NC(N)=S.O=c1[nH]c(=S)[nH]c(-c2ccncc2)c1-c1ccc(F)cc1. The molecule has 1 atom stereocenters. The number of hydrogen-bond donors (Lipinski definition) is 4. The highest BCUT2D eigenvalue weighted by Crippen LogP contribution is 2.27. The molecule has 0 aliphatic heterocycles. The zero-order valence-corrected chi connectivity index (χ0v) is 25.9. The van der Waals surface area contributed by atoms with Crippen LogP contribution < -0.4 is 17.0 Å². The molecular formula is C32H28F2N6O4S2. The van der Waals surface area contributed by atoms with Crippen molar-refractivity contribution in [2.24, 2.45) is 11.5 Å². The number of hydrogen-bond acceptors (Lipinski definition) is 8. The lowest BCUT2D eigenvalue weighted by atomic mass is 9.91. The summed E-state index contributed by atoms with van der Waals surface area (Å²) in [6.45, 7) is 1.83. The molecule has 14 heteroatoms. The summed E-state index contributed by atoms with van der Waals surface area (Å²) < 4.78 is 31.3. The molecule has 3 heterocycles. The molecule has 0 radical (unpaired) electrons. The van der Waals surface area contributed by atoms with Gasteiger partial charge in [0, 0.05) is 35.9 Å². The maximum absolute atomic E-state index is 13.1. The van der Waals surface area contributed by atoms with Gasteiger partial charge in [0.15, 0.2) is 15.7 Å². The van der Waals surface area contributed by atoms with Gasteiger partial charge < -0.3 is 21.2 Å². The van der Waals surface area contributed by atoms with Gasteiger partial charge in [-0.3, -0.25) is 29.3 Å². The molecule has 1 unspecified atom stereocenters. The van der Waals surface area contributed by atoms with Crippen molar-refractivity contribution < 1.29 is 23.1 Å². The van der Waals surface area contributed by atoms with Crippen LogP contribution in [0.4, 0.5) is 8.78 Å². The van der Waals surface area contributed by atoms with E-state index in [9.17, 15) is 23.2 Å². The molecule has 2 aromatic carbocycles. The van der Waals surface area contributed by atoms with Gasteiger partial charge in [-0.1, -0.05) is 24.3 Å². The van der Waals surface area contributed by atoms with Crippen LogP contribution in [0.1, 0.15) is 28.8 Å². The van der Waals surface area contributed by atoms with E-state index in [-0.39, 0.29) is 27.9 Å². The summed E-state index contributed by atoms with van der Waals surface area (Å²) in [5, 5.41) is 0.000000000000000222. The van der Waals surface area contributed by atoms with Crippen LogP contribution >= 0.6 is 24.4 Å². The topological polar surface area (TPSA) is 170 Å². The number of halogens is 2. The largest absolute Gasteiger partial charge is 0.465 e. The van der Waals surface area contributed by atoms with E-state index in [4.69, 9.17) is 17.0 Å². The number of nitrogens with one attached hydrogen (secondary N) is 2. The standard InChI is InChI=1S/C16H14FNO3.C15H10FN3OS.CH4N2S/c1-2-21-16(20)14(11-3-5-13(17)6-4-11)15(19)12-7-9-18-10-8-12;16-11-3-1-9(2-4-11)12-13(10-5-7-17-8-6-10)18-15(21)19-14(12)20;2-1(3)4/h3-10,14H,2H2,1H3;1-8H,(H2,18,19,20,21);(H4,2,3,4). The minimum Gasteiger partial charge on any atom is -0.465 e. The van der Waals surface area contributed by atoms with Crippen molar-refractivity contribution in [1.29, 1.82) is 0 Å². The maximum atomic E-state index is 13.1. The lowest BCUT2D eigenvalue weighted by Gasteiger charge is -2.15. The fourth-order valence-corrected chi connectivity index (χ4v) is 4.27. The normalized spacial score (nSPS) is 10.7. The van der Waals surface area contributed by atoms with Crippen molar-refractivity contribution in [2.75, 3.05) is 6.61 Å². The fourth-order valence-electron chi connectivity index (χ4n) is 4.07. The van der Waals surface area contributed by atoms with Gasteiger partial charge in [-0.15, -0.1) is 0 Å². The van der Waals surface area contributed by atoms with E-state index in [0.29, 0.717) is 27.9 Å². The second-order valence-electron chi connectivity index (χ2n) is 9.14. The summed E-state index contributed by atoms with van der Waals surface area (Å²) in [4.78, 5) is 50.2. The average molecular weight is 663 g/mol. The van der Waals surface area contributed by atoms with Gasteiger partial charge in [0.05, 0.1) is 17.9 Å². The van der Waals surface area contributed by atoms with Crippen LogP contribution in [0.5, 0.6) is 0 Å².